The van der Waals surface area contributed by atoms with Gasteiger partial charge in [0.05, 0.1) is 13.2 Å². The summed E-state index contributed by atoms with van der Waals surface area (Å²) in [4.78, 5) is 24.1. The highest BCUT2D eigenvalue weighted by molar-refractivity contribution is 5.96. The van der Waals surface area contributed by atoms with E-state index < -0.39 is 30.1 Å². The first-order valence-corrected chi connectivity index (χ1v) is 5.76. The monoisotopic (exact) mass is 258 g/mol. The molecule has 8 heteroatoms. The fraction of sp³-hybridized carbons (Fsp3) is 0.800. The Balaban J connectivity index is 1.79. The van der Waals surface area contributed by atoms with E-state index in [0.29, 0.717) is 0 Å². The van der Waals surface area contributed by atoms with Crippen molar-refractivity contribution < 1.29 is 29.3 Å². The number of carbonyl (C=O) groups excluding carboxylic acids is 2. The molecule has 3 heterocycles. The maximum Gasteiger partial charge on any atom is 0.326 e. The Bertz CT molecular complexity index is 402. The minimum Gasteiger partial charge on any atom is -0.393 e. The molecule has 0 aromatic heterocycles. The van der Waals surface area contributed by atoms with E-state index in [-0.39, 0.29) is 32.1 Å². The van der Waals surface area contributed by atoms with Gasteiger partial charge in [-0.1, -0.05) is 0 Å². The summed E-state index contributed by atoms with van der Waals surface area (Å²) in [5.41, 5.74) is -1.16. The van der Waals surface area contributed by atoms with Gasteiger partial charge in [0.15, 0.2) is 6.23 Å². The smallest absolute Gasteiger partial charge is 0.326 e. The van der Waals surface area contributed by atoms with Crippen LogP contribution in [0.15, 0.2) is 0 Å². The highest BCUT2D eigenvalue weighted by atomic mass is 16.7. The van der Waals surface area contributed by atoms with Crippen molar-refractivity contribution >= 4 is 11.9 Å². The first-order chi connectivity index (χ1) is 8.57. The molecule has 0 aromatic rings. The Morgan fingerprint density at radius 2 is 2.28 bits per heavy atom. The van der Waals surface area contributed by atoms with Gasteiger partial charge in [-0.05, 0) is 0 Å². The predicted molar refractivity (Wildman–Crippen MR) is 55.3 cm³/mol. The number of aliphatic hydroxyl groups is 2. The highest BCUT2D eigenvalue weighted by Crippen LogP contribution is 2.41. The standard InChI is InChI=1S/C10H14N2O6/c13-3-10-4-17-6(7(10)15)8(18-10)12-2-1-5(14)11-9(12)16/h6-8,13,15H,1-4H2,(H,11,14,16)/t6?,7?,8-,10+/m1/s1. The molecule has 0 aromatic carbocycles. The largest absolute Gasteiger partial charge is 0.393 e. The topological polar surface area (TPSA) is 108 Å². The fourth-order valence-corrected chi connectivity index (χ4v) is 2.60. The van der Waals surface area contributed by atoms with Crippen molar-refractivity contribution in [1.82, 2.24) is 10.2 Å². The number of hydrogen-bond acceptors (Lipinski definition) is 6. The van der Waals surface area contributed by atoms with E-state index in [4.69, 9.17) is 9.47 Å². The van der Waals surface area contributed by atoms with Crippen molar-refractivity contribution in [2.45, 2.75) is 30.5 Å². The summed E-state index contributed by atoms with van der Waals surface area (Å²) in [6.45, 7) is -0.0702. The van der Waals surface area contributed by atoms with Crippen LogP contribution < -0.4 is 5.32 Å². The lowest BCUT2D eigenvalue weighted by atomic mass is 10.0. The van der Waals surface area contributed by atoms with Gasteiger partial charge in [0.25, 0.3) is 0 Å². The number of nitrogens with zero attached hydrogens (tertiary/aromatic N) is 1. The SMILES string of the molecule is O=C1CCN([C@@H]2O[C@@]3(CO)COC2C3O)C(=O)N1. The molecule has 3 aliphatic rings. The predicted octanol–water partition coefficient (Wildman–Crippen LogP) is -2.22. The van der Waals surface area contributed by atoms with Crippen molar-refractivity contribution in [3.63, 3.8) is 0 Å². The third-order valence-corrected chi connectivity index (χ3v) is 3.67. The molecule has 0 radical (unpaired) electrons. The molecular formula is C10H14N2O6. The summed E-state index contributed by atoms with van der Waals surface area (Å²) < 4.78 is 10.9. The minimum atomic E-state index is -1.16. The second-order valence-electron chi connectivity index (χ2n) is 4.75. The lowest BCUT2D eigenvalue weighted by Gasteiger charge is -2.37. The Hall–Kier alpha value is -1.22. The molecule has 0 spiro atoms. The molecule has 8 nitrogen and oxygen atoms in total. The van der Waals surface area contributed by atoms with Crippen molar-refractivity contribution in [1.29, 1.82) is 0 Å². The molecule has 3 N–H and O–H groups in total. The Morgan fingerprint density at radius 1 is 1.50 bits per heavy atom. The first-order valence-electron chi connectivity index (χ1n) is 5.76. The molecule has 18 heavy (non-hydrogen) atoms. The molecule has 100 valence electrons. The summed E-state index contributed by atoms with van der Waals surface area (Å²) in [7, 11) is 0. The average Bonchev–Trinajstić information content (AvgIpc) is 2.81. The van der Waals surface area contributed by atoms with Gasteiger partial charge in [0.2, 0.25) is 5.91 Å². The zero-order valence-electron chi connectivity index (χ0n) is 9.54. The molecule has 3 rings (SSSR count). The molecule has 0 aliphatic carbocycles. The van der Waals surface area contributed by atoms with E-state index in [1.165, 1.54) is 4.90 Å². The molecular weight excluding hydrogens is 244 g/mol. The molecule has 3 amide bonds. The van der Waals surface area contributed by atoms with Gasteiger partial charge in [0.1, 0.15) is 17.8 Å². The van der Waals surface area contributed by atoms with E-state index in [1.54, 1.807) is 0 Å². The highest BCUT2D eigenvalue weighted by Gasteiger charge is 2.63. The van der Waals surface area contributed by atoms with Gasteiger partial charge in [-0.2, -0.15) is 0 Å². The normalized spacial score (nSPS) is 43.4. The van der Waals surface area contributed by atoms with E-state index in [9.17, 15) is 19.8 Å². The average molecular weight is 258 g/mol. The van der Waals surface area contributed by atoms with Crippen LogP contribution in [0.5, 0.6) is 0 Å². The first kappa shape index (κ1) is 11.8. The molecule has 4 atom stereocenters. The van der Waals surface area contributed by atoms with Gasteiger partial charge < -0.3 is 19.7 Å². The van der Waals surface area contributed by atoms with Gasteiger partial charge in [-0.3, -0.25) is 15.0 Å². The Morgan fingerprint density at radius 3 is 2.89 bits per heavy atom. The number of ether oxygens (including phenoxy) is 2. The number of amides is 3. The summed E-state index contributed by atoms with van der Waals surface area (Å²) in [6.07, 6.45) is -2.25. The van der Waals surface area contributed by atoms with Crippen molar-refractivity contribution in [3.05, 3.63) is 0 Å². The van der Waals surface area contributed by atoms with Crippen LogP contribution in [0, 0.1) is 0 Å². The van der Waals surface area contributed by atoms with Crippen LogP contribution in [-0.2, 0) is 14.3 Å². The molecule has 3 fully saturated rings. The quantitative estimate of drug-likeness (QED) is 0.517. The number of nitrogens with one attached hydrogen (secondary N) is 1. The minimum absolute atomic E-state index is 0.0974. The number of carbonyl (C=O) groups is 2. The van der Waals surface area contributed by atoms with Crippen LogP contribution in [0.3, 0.4) is 0 Å². The van der Waals surface area contributed by atoms with Crippen molar-refractivity contribution in [3.8, 4) is 0 Å². The van der Waals surface area contributed by atoms with E-state index in [0.717, 1.165) is 0 Å². The number of rotatable bonds is 2. The van der Waals surface area contributed by atoms with Crippen LogP contribution in [0.4, 0.5) is 4.79 Å². The zero-order chi connectivity index (χ0) is 12.9. The number of imide groups is 1. The fourth-order valence-electron chi connectivity index (χ4n) is 2.60. The van der Waals surface area contributed by atoms with Crippen molar-refractivity contribution in [2.24, 2.45) is 0 Å². The number of fused-ring (bicyclic) bond motifs is 2. The number of hydrogen-bond donors (Lipinski definition) is 3. The Kier molecular flexibility index (Phi) is 2.56. The second-order valence-corrected chi connectivity index (χ2v) is 4.75. The van der Waals surface area contributed by atoms with E-state index in [1.807, 2.05) is 0 Å². The van der Waals surface area contributed by atoms with Gasteiger partial charge >= 0.3 is 6.03 Å². The molecule has 2 bridgehead atoms. The molecule has 2 unspecified atom stereocenters. The number of urea groups is 1. The molecule has 0 saturated carbocycles. The lowest BCUT2D eigenvalue weighted by molar-refractivity contribution is -0.197. The molecule has 3 aliphatic heterocycles. The van der Waals surface area contributed by atoms with Crippen LogP contribution >= 0.6 is 0 Å². The summed E-state index contributed by atoms with van der Waals surface area (Å²) >= 11 is 0. The zero-order valence-corrected chi connectivity index (χ0v) is 9.54. The van der Waals surface area contributed by atoms with Crippen molar-refractivity contribution in [2.75, 3.05) is 19.8 Å². The maximum atomic E-state index is 11.7. The third-order valence-electron chi connectivity index (χ3n) is 3.67. The van der Waals surface area contributed by atoms with Gasteiger partial charge in [-0.15, -0.1) is 0 Å². The summed E-state index contributed by atoms with van der Waals surface area (Å²) in [5.74, 6) is -0.335. The van der Waals surface area contributed by atoms with Crippen LogP contribution in [-0.4, -0.2) is 70.8 Å². The number of aliphatic hydroxyl groups excluding tert-OH is 2. The summed E-state index contributed by atoms with van der Waals surface area (Å²) in [6, 6.07) is -0.562. The Labute approximate surface area is 102 Å². The molecule has 3 saturated heterocycles. The summed E-state index contributed by atoms with van der Waals surface area (Å²) in [5, 5.41) is 21.5. The van der Waals surface area contributed by atoms with Crippen LogP contribution in [0.2, 0.25) is 0 Å². The van der Waals surface area contributed by atoms with Gasteiger partial charge in [0, 0.05) is 13.0 Å². The van der Waals surface area contributed by atoms with E-state index in [2.05, 4.69) is 5.32 Å². The van der Waals surface area contributed by atoms with E-state index >= 15 is 0 Å². The third kappa shape index (κ3) is 1.46. The van der Waals surface area contributed by atoms with Crippen LogP contribution in [0.25, 0.3) is 0 Å². The van der Waals surface area contributed by atoms with Gasteiger partial charge in [-0.25, -0.2) is 4.79 Å². The lowest BCUT2D eigenvalue weighted by Crippen LogP contribution is -2.58. The second kappa shape index (κ2) is 3.89. The van der Waals surface area contributed by atoms with Crippen LogP contribution in [0.1, 0.15) is 6.42 Å². The maximum absolute atomic E-state index is 11.7.